The summed E-state index contributed by atoms with van der Waals surface area (Å²) in [6.45, 7) is 0. The maximum atomic E-state index is 6.70. The molecule has 4 aromatic heterocycles. The van der Waals surface area contributed by atoms with Crippen molar-refractivity contribution in [1.82, 2.24) is 19.5 Å². The highest BCUT2D eigenvalue weighted by molar-refractivity contribution is 7.26. The van der Waals surface area contributed by atoms with E-state index in [0.29, 0.717) is 17.5 Å². The van der Waals surface area contributed by atoms with Gasteiger partial charge in [0.2, 0.25) is 0 Å². The monoisotopic (exact) mass is 846 g/mol. The third-order valence-corrected chi connectivity index (χ3v) is 14.2. The van der Waals surface area contributed by atoms with Crippen molar-refractivity contribution in [2.75, 3.05) is 0 Å². The van der Waals surface area contributed by atoms with E-state index in [2.05, 4.69) is 193 Å². The average molecular weight is 847 g/mol. The molecule has 14 aromatic rings. The standard InChI is InChI=1S/C59H34N4OS/c1-2-14-35(15-3-1)57-60-58(62-59(61-57)45-24-12-23-44-42-21-9-11-27-54(42)65-56(44)45)40-28-29-50(63-49-25-10-8-20-41(49)46-30-36-16-4-6-18-38(36)33-51(46)63)47(32-40)43-22-13-26-52-55(43)48-31-37-17-5-7-19-39(37)34-53(48)64-52/h1-34H. The first kappa shape index (κ1) is 36.1. The molecule has 0 radical (unpaired) electrons. The normalized spacial score (nSPS) is 12.0. The molecule has 0 unspecified atom stereocenters. The van der Waals surface area contributed by atoms with Gasteiger partial charge in [-0.2, -0.15) is 0 Å². The topological polar surface area (TPSA) is 56.7 Å². The first-order chi connectivity index (χ1) is 32.2. The summed E-state index contributed by atoms with van der Waals surface area (Å²) in [5, 5.41) is 11.7. The fourth-order valence-electron chi connectivity index (χ4n) is 10.0. The van der Waals surface area contributed by atoms with Crippen molar-refractivity contribution in [3.63, 3.8) is 0 Å². The number of rotatable bonds is 5. The van der Waals surface area contributed by atoms with E-state index in [4.69, 9.17) is 19.4 Å². The van der Waals surface area contributed by atoms with Crippen molar-refractivity contribution < 1.29 is 4.42 Å². The number of fused-ring (bicyclic) bond motifs is 11. The minimum Gasteiger partial charge on any atom is -0.456 e. The molecule has 302 valence electrons. The van der Waals surface area contributed by atoms with Crippen LogP contribution >= 0.6 is 11.3 Å². The molecule has 14 rings (SSSR count). The van der Waals surface area contributed by atoms with E-state index < -0.39 is 0 Å². The van der Waals surface area contributed by atoms with Crippen LogP contribution in [-0.2, 0) is 0 Å². The zero-order chi connectivity index (χ0) is 42.6. The molecule has 65 heavy (non-hydrogen) atoms. The van der Waals surface area contributed by atoms with Gasteiger partial charge in [-0.3, -0.25) is 0 Å². The molecule has 0 atom stereocenters. The second-order valence-electron chi connectivity index (χ2n) is 16.7. The molecule has 0 saturated heterocycles. The zero-order valence-electron chi connectivity index (χ0n) is 34.7. The largest absolute Gasteiger partial charge is 0.456 e. The van der Waals surface area contributed by atoms with Gasteiger partial charge >= 0.3 is 0 Å². The van der Waals surface area contributed by atoms with E-state index >= 15 is 0 Å². The number of aromatic nitrogens is 4. The summed E-state index contributed by atoms with van der Waals surface area (Å²) in [4.78, 5) is 15.9. The van der Waals surface area contributed by atoms with Gasteiger partial charge in [-0.15, -0.1) is 11.3 Å². The number of hydrogen-bond donors (Lipinski definition) is 0. The number of para-hydroxylation sites is 1. The number of thiophene rings is 1. The van der Waals surface area contributed by atoms with Crippen LogP contribution in [-0.4, -0.2) is 19.5 Å². The molecule has 10 aromatic carbocycles. The van der Waals surface area contributed by atoms with Crippen molar-refractivity contribution >= 4 is 96.8 Å². The molecule has 0 aliphatic heterocycles. The van der Waals surface area contributed by atoms with Gasteiger partial charge < -0.3 is 8.98 Å². The summed E-state index contributed by atoms with van der Waals surface area (Å²) in [6, 6.07) is 73.4. The van der Waals surface area contributed by atoms with Gasteiger partial charge in [0.1, 0.15) is 11.2 Å². The molecule has 0 aliphatic carbocycles. The molecule has 0 amide bonds. The minimum atomic E-state index is 0.600. The molecule has 0 N–H and O–H groups in total. The third-order valence-electron chi connectivity index (χ3n) is 13.0. The van der Waals surface area contributed by atoms with E-state index in [1.165, 1.54) is 42.4 Å². The van der Waals surface area contributed by atoms with Crippen LogP contribution in [0.1, 0.15) is 0 Å². The average Bonchev–Trinajstić information content (AvgIpc) is 4.04. The summed E-state index contributed by atoms with van der Waals surface area (Å²) in [5.41, 5.74) is 9.91. The zero-order valence-corrected chi connectivity index (χ0v) is 35.6. The minimum absolute atomic E-state index is 0.600. The number of hydrogen-bond acceptors (Lipinski definition) is 5. The SMILES string of the molecule is c1ccc(-c2nc(-c3ccc(-n4c5ccccc5c5cc6ccccc6cc54)c(-c4cccc5oc6cc7ccccc7cc6c45)c3)nc(-c3cccc4c3sc3ccccc34)n2)cc1. The molecule has 0 saturated carbocycles. The van der Waals surface area contributed by atoms with Crippen LogP contribution < -0.4 is 0 Å². The van der Waals surface area contributed by atoms with Gasteiger partial charge in [0.05, 0.1) is 16.7 Å². The Labute approximate surface area is 376 Å². The highest BCUT2D eigenvalue weighted by atomic mass is 32.1. The highest BCUT2D eigenvalue weighted by Crippen LogP contribution is 2.45. The lowest BCUT2D eigenvalue weighted by Gasteiger charge is -2.17. The molecule has 0 spiro atoms. The van der Waals surface area contributed by atoms with Crippen molar-refractivity contribution in [1.29, 1.82) is 0 Å². The Morgan fingerprint density at radius 2 is 1.00 bits per heavy atom. The van der Waals surface area contributed by atoms with E-state index in [9.17, 15) is 0 Å². The number of furan rings is 1. The van der Waals surface area contributed by atoms with Crippen LogP contribution in [0.3, 0.4) is 0 Å². The molecular weight excluding hydrogens is 813 g/mol. The number of nitrogens with zero attached hydrogens (tertiary/aromatic N) is 4. The van der Waals surface area contributed by atoms with Crippen molar-refractivity contribution in [3.05, 3.63) is 206 Å². The Hall–Kier alpha value is -8.45. The predicted molar refractivity (Wildman–Crippen MR) is 271 cm³/mol. The Bertz CT molecular complexity index is 4260. The molecule has 0 bridgehead atoms. The van der Waals surface area contributed by atoms with Gasteiger partial charge in [0.25, 0.3) is 0 Å². The Morgan fingerprint density at radius 3 is 1.83 bits per heavy atom. The van der Waals surface area contributed by atoms with Crippen LogP contribution in [0.4, 0.5) is 0 Å². The molecule has 0 fully saturated rings. The molecule has 6 heteroatoms. The van der Waals surface area contributed by atoms with Crippen LogP contribution in [0.5, 0.6) is 0 Å². The first-order valence-electron chi connectivity index (χ1n) is 21.8. The fraction of sp³-hybridized carbons (Fsp3) is 0. The van der Waals surface area contributed by atoms with E-state index in [-0.39, 0.29) is 0 Å². The van der Waals surface area contributed by atoms with Crippen LogP contribution in [0.25, 0.3) is 136 Å². The van der Waals surface area contributed by atoms with Gasteiger partial charge in [-0.05, 0) is 93.8 Å². The molecule has 4 heterocycles. The maximum Gasteiger partial charge on any atom is 0.165 e. The predicted octanol–water partition coefficient (Wildman–Crippen LogP) is 16.2. The van der Waals surface area contributed by atoms with Crippen molar-refractivity contribution in [3.8, 4) is 51.0 Å². The molecular formula is C59H34N4OS. The summed E-state index contributed by atoms with van der Waals surface area (Å²) >= 11 is 1.78. The van der Waals surface area contributed by atoms with Crippen LogP contribution in [0.15, 0.2) is 211 Å². The van der Waals surface area contributed by atoms with Gasteiger partial charge in [0, 0.05) is 64.0 Å². The summed E-state index contributed by atoms with van der Waals surface area (Å²) in [5.74, 6) is 1.86. The van der Waals surface area contributed by atoms with E-state index in [1.807, 2.05) is 18.2 Å². The van der Waals surface area contributed by atoms with Gasteiger partial charge in [-0.25, -0.2) is 15.0 Å². The smallest absolute Gasteiger partial charge is 0.165 e. The Morgan fingerprint density at radius 1 is 0.369 bits per heavy atom. The molecule has 0 aliphatic rings. The summed E-state index contributed by atoms with van der Waals surface area (Å²) in [7, 11) is 0. The van der Waals surface area contributed by atoms with Crippen LogP contribution in [0.2, 0.25) is 0 Å². The van der Waals surface area contributed by atoms with Crippen molar-refractivity contribution in [2.45, 2.75) is 0 Å². The highest BCUT2D eigenvalue weighted by Gasteiger charge is 2.23. The lowest BCUT2D eigenvalue weighted by Crippen LogP contribution is -2.02. The summed E-state index contributed by atoms with van der Waals surface area (Å²) in [6.07, 6.45) is 0. The molecule has 5 nitrogen and oxygen atoms in total. The van der Waals surface area contributed by atoms with Gasteiger partial charge in [0.15, 0.2) is 17.5 Å². The Kier molecular flexibility index (Phi) is 7.79. The van der Waals surface area contributed by atoms with Crippen molar-refractivity contribution in [2.24, 2.45) is 0 Å². The lowest BCUT2D eigenvalue weighted by molar-refractivity contribution is 0.669. The number of benzene rings is 10. The fourth-order valence-corrected chi connectivity index (χ4v) is 11.2. The van der Waals surface area contributed by atoms with Crippen LogP contribution in [0, 0.1) is 0 Å². The first-order valence-corrected chi connectivity index (χ1v) is 22.7. The van der Waals surface area contributed by atoms with Gasteiger partial charge in [-0.1, -0.05) is 140 Å². The second-order valence-corrected chi connectivity index (χ2v) is 17.8. The quantitative estimate of drug-likeness (QED) is 0.173. The Balaban J connectivity index is 1.07. The second kappa shape index (κ2) is 14.0. The summed E-state index contributed by atoms with van der Waals surface area (Å²) < 4.78 is 11.5. The lowest BCUT2D eigenvalue weighted by atomic mass is 9.95. The third kappa shape index (κ3) is 5.61. The van der Waals surface area contributed by atoms with E-state index in [0.717, 1.165) is 76.6 Å². The van der Waals surface area contributed by atoms with E-state index in [1.54, 1.807) is 11.3 Å². The maximum absolute atomic E-state index is 6.70.